The van der Waals surface area contributed by atoms with Crippen LogP contribution in [-0.4, -0.2) is 17.7 Å². The van der Waals surface area contributed by atoms with E-state index < -0.39 is 6.10 Å². The molecule has 0 fully saturated rings. The number of nitriles is 1. The van der Waals surface area contributed by atoms with Crippen LogP contribution in [0.25, 0.3) is 0 Å². The van der Waals surface area contributed by atoms with Gasteiger partial charge in [0.05, 0.1) is 18.6 Å². The standard InChI is InChI=1S/C11H16N2OS/c1-2-10(3-5-12)13-7-11(14)9-4-6-15-8-9/h4,6,8,10-11,13-14H,2-3,7H2,1H3. The van der Waals surface area contributed by atoms with Crippen molar-refractivity contribution in [3.05, 3.63) is 22.4 Å². The van der Waals surface area contributed by atoms with E-state index in [0.29, 0.717) is 13.0 Å². The largest absolute Gasteiger partial charge is 0.387 e. The van der Waals surface area contributed by atoms with Gasteiger partial charge in [-0.3, -0.25) is 0 Å². The normalized spacial score (nSPS) is 14.5. The van der Waals surface area contributed by atoms with Gasteiger partial charge in [-0.1, -0.05) is 6.92 Å². The highest BCUT2D eigenvalue weighted by molar-refractivity contribution is 7.07. The molecule has 0 radical (unpaired) electrons. The number of rotatable bonds is 6. The van der Waals surface area contributed by atoms with Gasteiger partial charge in [-0.2, -0.15) is 16.6 Å². The fourth-order valence-electron chi connectivity index (χ4n) is 1.33. The summed E-state index contributed by atoms with van der Waals surface area (Å²) in [4.78, 5) is 0. The Labute approximate surface area is 94.4 Å². The summed E-state index contributed by atoms with van der Waals surface area (Å²) < 4.78 is 0. The first-order valence-corrected chi connectivity index (χ1v) is 6.02. The highest BCUT2D eigenvalue weighted by Gasteiger charge is 2.10. The zero-order valence-corrected chi connectivity index (χ0v) is 9.63. The Morgan fingerprint density at radius 1 is 1.67 bits per heavy atom. The lowest BCUT2D eigenvalue weighted by Crippen LogP contribution is -2.31. The van der Waals surface area contributed by atoms with Crippen LogP contribution in [0, 0.1) is 11.3 Å². The molecule has 3 nitrogen and oxygen atoms in total. The summed E-state index contributed by atoms with van der Waals surface area (Å²) in [5.74, 6) is 0. The summed E-state index contributed by atoms with van der Waals surface area (Å²) in [6, 6.07) is 4.24. The molecule has 0 amide bonds. The molecule has 0 bridgehead atoms. The maximum absolute atomic E-state index is 9.78. The van der Waals surface area contributed by atoms with E-state index >= 15 is 0 Å². The molecule has 0 aliphatic heterocycles. The summed E-state index contributed by atoms with van der Waals surface area (Å²) in [6.45, 7) is 2.54. The molecule has 1 aromatic heterocycles. The number of nitrogens with one attached hydrogen (secondary N) is 1. The number of hydrogen-bond donors (Lipinski definition) is 2. The molecule has 2 unspecified atom stereocenters. The molecule has 1 rings (SSSR count). The van der Waals surface area contributed by atoms with Crippen LogP contribution in [0.15, 0.2) is 16.8 Å². The van der Waals surface area contributed by atoms with Crippen LogP contribution in [0.3, 0.4) is 0 Å². The fraction of sp³-hybridized carbons (Fsp3) is 0.545. The quantitative estimate of drug-likeness (QED) is 0.777. The van der Waals surface area contributed by atoms with Crippen LogP contribution in [-0.2, 0) is 0 Å². The minimum atomic E-state index is -0.469. The van der Waals surface area contributed by atoms with Crippen molar-refractivity contribution < 1.29 is 5.11 Å². The minimum absolute atomic E-state index is 0.184. The third-order valence-corrected chi connectivity index (χ3v) is 3.06. The molecule has 0 aromatic carbocycles. The first-order chi connectivity index (χ1) is 7.27. The van der Waals surface area contributed by atoms with E-state index in [2.05, 4.69) is 11.4 Å². The smallest absolute Gasteiger partial charge is 0.0922 e. The van der Waals surface area contributed by atoms with Gasteiger partial charge in [0.15, 0.2) is 0 Å². The van der Waals surface area contributed by atoms with Crippen LogP contribution in [0.2, 0.25) is 0 Å². The lowest BCUT2D eigenvalue weighted by atomic mass is 10.1. The Morgan fingerprint density at radius 3 is 3.00 bits per heavy atom. The van der Waals surface area contributed by atoms with E-state index in [0.717, 1.165) is 12.0 Å². The van der Waals surface area contributed by atoms with E-state index in [1.165, 1.54) is 0 Å². The number of hydrogen-bond acceptors (Lipinski definition) is 4. The van der Waals surface area contributed by atoms with E-state index in [4.69, 9.17) is 5.26 Å². The van der Waals surface area contributed by atoms with Crippen molar-refractivity contribution in [2.45, 2.75) is 31.9 Å². The zero-order chi connectivity index (χ0) is 11.1. The lowest BCUT2D eigenvalue weighted by Gasteiger charge is -2.16. The predicted molar refractivity (Wildman–Crippen MR) is 61.6 cm³/mol. The Hall–Kier alpha value is -0.890. The van der Waals surface area contributed by atoms with Crippen molar-refractivity contribution in [3.63, 3.8) is 0 Å². The second-order valence-electron chi connectivity index (χ2n) is 3.45. The third kappa shape index (κ3) is 4.00. The van der Waals surface area contributed by atoms with Gasteiger partial charge in [0.1, 0.15) is 0 Å². The Kier molecular flexibility index (Phi) is 5.33. The first kappa shape index (κ1) is 12.2. The van der Waals surface area contributed by atoms with Crippen LogP contribution < -0.4 is 5.32 Å². The molecular formula is C11H16N2OS. The molecule has 1 aromatic rings. The number of aliphatic hydroxyl groups is 1. The summed E-state index contributed by atoms with van der Waals surface area (Å²) in [5, 5.41) is 25.4. The van der Waals surface area contributed by atoms with E-state index in [1.54, 1.807) is 11.3 Å². The Bertz CT molecular complexity index is 305. The summed E-state index contributed by atoms with van der Waals surface area (Å²) in [7, 11) is 0. The Morgan fingerprint density at radius 2 is 2.47 bits per heavy atom. The number of nitrogens with zero attached hydrogens (tertiary/aromatic N) is 1. The van der Waals surface area contributed by atoms with Crippen molar-refractivity contribution in [1.82, 2.24) is 5.32 Å². The highest BCUT2D eigenvalue weighted by atomic mass is 32.1. The van der Waals surface area contributed by atoms with Crippen molar-refractivity contribution >= 4 is 11.3 Å². The second-order valence-corrected chi connectivity index (χ2v) is 4.23. The van der Waals surface area contributed by atoms with Crippen molar-refractivity contribution in [2.75, 3.05) is 6.54 Å². The molecule has 1 heterocycles. The molecular weight excluding hydrogens is 208 g/mol. The van der Waals surface area contributed by atoms with Crippen LogP contribution in [0.5, 0.6) is 0 Å². The van der Waals surface area contributed by atoms with Gasteiger partial charge < -0.3 is 10.4 Å². The Balaban J connectivity index is 2.33. The molecule has 2 atom stereocenters. The number of thiophene rings is 1. The average Bonchev–Trinajstić information content (AvgIpc) is 2.77. The average molecular weight is 224 g/mol. The summed E-state index contributed by atoms with van der Waals surface area (Å²) >= 11 is 1.58. The maximum atomic E-state index is 9.78. The molecule has 0 spiro atoms. The fourth-order valence-corrected chi connectivity index (χ4v) is 2.04. The summed E-state index contributed by atoms with van der Waals surface area (Å²) in [6.07, 6.45) is 0.931. The molecule has 0 saturated heterocycles. The molecule has 0 aliphatic rings. The maximum Gasteiger partial charge on any atom is 0.0922 e. The van der Waals surface area contributed by atoms with Gasteiger partial charge in [0, 0.05) is 12.6 Å². The van der Waals surface area contributed by atoms with Crippen LogP contribution in [0.4, 0.5) is 0 Å². The topological polar surface area (TPSA) is 56.0 Å². The zero-order valence-electron chi connectivity index (χ0n) is 8.81. The molecule has 0 aliphatic carbocycles. The van der Waals surface area contributed by atoms with E-state index in [1.807, 2.05) is 23.8 Å². The van der Waals surface area contributed by atoms with E-state index in [9.17, 15) is 5.11 Å². The van der Waals surface area contributed by atoms with Gasteiger partial charge in [-0.25, -0.2) is 0 Å². The van der Waals surface area contributed by atoms with Gasteiger partial charge in [0.25, 0.3) is 0 Å². The van der Waals surface area contributed by atoms with Gasteiger partial charge in [0.2, 0.25) is 0 Å². The van der Waals surface area contributed by atoms with Crippen molar-refractivity contribution in [3.8, 4) is 6.07 Å². The third-order valence-electron chi connectivity index (χ3n) is 2.36. The van der Waals surface area contributed by atoms with Crippen molar-refractivity contribution in [1.29, 1.82) is 5.26 Å². The second kappa shape index (κ2) is 6.57. The molecule has 82 valence electrons. The minimum Gasteiger partial charge on any atom is -0.387 e. The first-order valence-electron chi connectivity index (χ1n) is 5.08. The summed E-state index contributed by atoms with van der Waals surface area (Å²) in [5.41, 5.74) is 0.944. The molecule has 0 saturated carbocycles. The lowest BCUT2D eigenvalue weighted by molar-refractivity contribution is 0.170. The molecule has 4 heteroatoms. The van der Waals surface area contributed by atoms with Gasteiger partial charge in [-0.05, 0) is 28.8 Å². The predicted octanol–water partition coefficient (Wildman–Crippen LogP) is 2.06. The molecule has 15 heavy (non-hydrogen) atoms. The van der Waals surface area contributed by atoms with Gasteiger partial charge >= 0.3 is 0 Å². The van der Waals surface area contributed by atoms with Gasteiger partial charge in [-0.15, -0.1) is 0 Å². The monoisotopic (exact) mass is 224 g/mol. The van der Waals surface area contributed by atoms with E-state index in [-0.39, 0.29) is 6.04 Å². The van der Waals surface area contributed by atoms with Crippen LogP contribution in [0.1, 0.15) is 31.4 Å². The van der Waals surface area contributed by atoms with Crippen molar-refractivity contribution in [2.24, 2.45) is 0 Å². The number of aliphatic hydroxyl groups excluding tert-OH is 1. The SMILES string of the molecule is CCC(CC#N)NCC(O)c1ccsc1. The highest BCUT2D eigenvalue weighted by Crippen LogP contribution is 2.15. The van der Waals surface area contributed by atoms with Crippen LogP contribution >= 0.6 is 11.3 Å². The molecule has 2 N–H and O–H groups in total.